The van der Waals surface area contributed by atoms with Crippen molar-refractivity contribution in [1.82, 2.24) is 20.3 Å². The average Bonchev–Trinajstić information content (AvgIpc) is 3.15. The van der Waals surface area contributed by atoms with Crippen molar-refractivity contribution in [3.63, 3.8) is 0 Å². The number of aryl methyl sites for hydroxylation is 1. The summed E-state index contributed by atoms with van der Waals surface area (Å²) in [6.07, 6.45) is 8.77. The molecule has 28 heavy (non-hydrogen) atoms. The van der Waals surface area contributed by atoms with E-state index in [9.17, 15) is 4.79 Å². The Labute approximate surface area is 169 Å². The number of nitrogens with one attached hydrogen (secondary N) is 1. The fourth-order valence-electron chi connectivity index (χ4n) is 2.19. The molecule has 0 aliphatic heterocycles. The van der Waals surface area contributed by atoms with Crippen LogP contribution in [0.15, 0.2) is 71.3 Å². The molecular weight excluding hydrogens is 370 g/mol. The first-order chi connectivity index (χ1) is 13.5. The van der Waals surface area contributed by atoms with Gasteiger partial charge in [-0.05, 0) is 56.7 Å². The number of nitrogens with zero attached hydrogens (tertiary/aromatic N) is 4. The monoisotopic (exact) mass is 393 g/mol. The second kappa shape index (κ2) is 10.8. The van der Waals surface area contributed by atoms with Crippen molar-refractivity contribution in [2.75, 3.05) is 0 Å². The number of carbonyl (C=O) groups is 1. The third-order valence-corrected chi connectivity index (χ3v) is 4.31. The summed E-state index contributed by atoms with van der Waals surface area (Å²) in [5.74, 6) is 0.432. The highest BCUT2D eigenvalue weighted by molar-refractivity contribution is 7.09. The molecule has 7 heteroatoms. The Morgan fingerprint density at radius 1 is 1.14 bits per heavy atom. The average molecular weight is 394 g/mol. The summed E-state index contributed by atoms with van der Waals surface area (Å²) >= 11 is 1.66. The number of amides is 1. The van der Waals surface area contributed by atoms with Gasteiger partial charge in [0.1, 0.15) is 5.82 Å². The maximum absolute atomic E-state index is 10.9. The fourth-order valence-corrected chi connectivity index (χ4v) is 2.82. The van der Waals surface area contributed by atoms with Crippen LogP contribution in [-0.2, 0) is 4.79 Å². The zero-order valence-electron chi connectivity index (χ0n) is 16.4. The number of hydrogen-bond donors (Lipinski definition) is 1. The van der Waals surface area contributed by atoms with Crippen LogP contribution < -0.4 is 5.32 Å². The van der Waals surface area contributed by atoms with Crippen molar-refractivity contribution < 1.29 is 4.79 Å². The molecule has 6 nitrogen and oxygen atoms in total. The minimum atomic E-state index is -0.126. The molecule has 0 aliphatic carbocycles. The second-order valence-electron chi connectivity index (χ2n) is 5.78. The topological polar surface area (TPSA) is 80.1 Å². The summed E-state index contributed by atoms with van der Waals surface area (Å²) in [7, 11) is 0. The summed E-state index contributed by atoms with van der Waals surface area (Å²) in [5.41, 5.74) is 3.93. The van der Waals surface area contributed by atoms with Crippen LogP contribution in [0, 0.1) is 6.92 Å². The van der Waals surface area contributed by atoms with E-state index in [2.05, 4.69) is 25.3 Å². The highest BCUT2D eigenvalue weighted by atomic mass is 32.1. The number of aliphatic imine (C=N–C) groups is 1. The van der Waals surface area contributed by atoms with Gasteiger partial charge in [0.15, 0.2) is 0 Å². The van der Waals surface area contributed by atoms with E-state index in [-0.39, 0.29) is 5.91 Å². The Hall–Kier alpha value is -3.19. The Bertz CT molecular complexity index is 949. The van der Waals surface area contributed by atoms with Gasteiger partial charge < -0.3 is 5.32 Å². The summed E-state index contributed by atoms with van der Waals surface area (Å²) in [6.45, 7) is 7.18. The lowest BCUT2D eigenvalue weighted by Gasteiger charge is -2.04. The van der Waals surface area contributed by atoms with E-state index < -0.39 is 0 Å². The van der Waals surface area contributed by atoms with Crippen molar-refractivity contribution in [3.8, 4) is 11.3 Å². The first-order valence-corrected chi connectivity index (χ1v) is 9.59. The molecule has 3 aromatic rings. The third-order valence-electron chi connectivity index (χ3n) is 3.54. The van der Waals surface area contributed by atoms with Gasteiger partial charge in [-0.15, -0.1) is 11.3 Å². The van der Waals surface area contributed by atoms with Crippen molar-refractivity contribution in [1.29, 1.82) is 0 Å². The first kappa shape index (κ1) is 21.1. The van der Waals surface area contributed by atoms with E-state index >= 15 is 0 Å². The molecular formula is C21H23N5OS. The van der Waals surface area contributed by atoms with E-state index in [4.69, 9.17) is 0 Å². The lowest BCUT2D eigenvalue weighted by atomic mass is 10.2. The molecule has 144 valence electrons. The normalized spacial score (nSPS) is 11.4. The van der Waals surface area contributed by atoms with Crippen molar-refractivity contribution in [3.05, 3.63) is 76.9 Å². The largest absolute Gasteiger partial charge is 0.311 e. The Kier molecular flexibility index (Phi) is 8.17. The van der Waals surface area contributed by atoms with Crippen molar-refractivity contribution in [2.24, 2.45) is 4.99 Å². The van der Waals surface area contributed by atoms with Crippen LogP contribution in [0.4, 0.5) is 0 Å². The maximum atomic E-state index is 10.9. The van der Waals surface area contributed by atoms with Gasteiger partial charge in [-0.2, -0.15) is 0 Å². The van der Waals surface area contributed by atoms with Crippen LogP contribution in [0.5, 0.6) is 0 Å². The van der Waals surface area contributed by atoms with E-state index in [1.165, 1.54) is 6.92 Å². The lowest BCUT2D eigenvalue weighted by molar-refractivity contribution is -0.118. The lowest BCUT2D eigenvalue weighted by Crippen LogP contribution is -2.18. The zero-order chi connectivity index (χ0) is 20.4. The molecule has 0 saturated carbocycles. The van der Waals surface area contributed by atoms with Crippen molar-refractivity contribution >= 4 is 23.0 Å². The third kappa shape index (κ3) is 6.85. The number of hydrogen-bond acceptors (Lipinski definition) is 6. The predicted octanol–water partition coefficient (Wildman–Crippen LogP) is 4.40. The summed E-state index contributed by atoms with van der Waals surface area (Å²) in [6, 6.07) is 7.69. The smallest absolute Gasteiger partial charge is 0.222 e. The SMILES string of the molecule is C/C=C(\N=C(/C)c1ccncc1)NC(C)=O.Cc1nc(-c2cccnc2)cs1. The van der Waals surface area contributed by atoms with Gasteiger partial charge in [-0.25, -0.2) is 9.98 Å². The second-order valence-corrected chi connectivity index (χ2v) is 6.84. The van der Waals surface area contributed by atoms with Crippen LogP contribution in [0.2, 0.25) is 0 Å². The highest BCUT2D eigenvalue weighted by Crippen LogP contribution is 2.19. The minimum absolute atomic E-state index is 0.126. The Morgan fingerprint density at radius 2 is 1.89 bits per heavy atom. The van der Waals surface area contributed by atoms with Gasteiger partial charge in [0.25, 0.3) is 0 Å². The van der Waals surface area contributed by atoms with E-state index in [0.717, 1.165) is 27.5 Å². The molecule has 0 saturated heterocycles. The molecule has 0 atom stereocenters. The van der Waals surface area contributed by atoms with Gasteiger partial charge in [-0.1, -0.05) is 0 Å². The fraction of sp³-hybridized carbons (Fsp3) is 0.190. The number of thiazole rings is 1. The quantitative estimate of drug-likeness (QED) is 0.666. The molecule has 3 aromatic heterocycles. The predicted molar refractivity (Wildman–Crippen MR) is 114 cm³/mol. The van der Waals surface area contributed by atoms with Crippen LogP contribution >= 0.6 is 11.3 Å². The van der Waals surface area contributed by atoms with Gasteiger partial charge in [0, 0.05) is 48.4 Å². The summed E-state index contributed by atoms with van der Waals surface area (Å²) in [5, 5.41) is 5.79. The van der Waals surface area contributed by atoms with Crippen LogP contribution in [-0.4, -0.2) is 26.6 Å². The van der Waals surface area contributed by atoms with Crippen molar-refractivity contribution in [2.45, 2.75) is 27.7 Å². The molecule has 0 aliphatic rings. The number of rotatable bonds is 4. The van der Waals surface area contributed by atoms with Gasteiger partial charge in [0.2, 0.25) is 5.91 Å². The zero-order valence-corrected chi connectivity index (χ0v) is 17.2. The number of carbonyl (C=O) groups excluding carboxylic acids is 1. The molecule has 0 aromatic carbocycles. The molecule has 0 spiro atoms. The van der Waals surface area contributed by atoms with Crippen LogP contribution in [0.3, 0.4) is 0 Å². The molecule has 0 fully saturated rings. The molecule has 0 radical (unpaired) electrons. The summed E-state index contributed by atoms with van der Waals surface area (Å²) < 4.78 is 0. The first-order valence-electron chi connectivity index (χ1n) is 8.71. The summed E-state index contributed by atoms with van der Waals surface area (Å²) in [4.78, 5) is 27.6. The van der Waals surface area contributed by atoms with Crippen LogP contribution in [0.1, 0.15) is 31.3 Å². The number of aromatic nitrogens is 3. The maximum Gasteiger partial charge on any atom is 0.222 e. The van der Waals surface area contributed by atoms with E-state index in [0.29, 0.717) is 5.82 Å². The standard InChI is InChI=1S/C12H15N3O.C9H8N2S/c1-4-12(15-10(3)16)14-9(2)11-5-7-13-8-6-11;1-7-11-9(6-12-7)8-3-2-4-10-5-8/h4-8H,1-3H3,(H,15,16);2-6H,1H3/b12-4+,14-9+;. The van der Waals surface area contributed by atoms with E-state index in [1.54, 1.807) is 36.0 Å². The molecule has 0 unspecified atom stereocenters. The Balaban J connectivity index is 0.000000207. The Morgan fingerprint density at radius 3 is 2.43 bits per heavy atom. The molecule has 1 amide bonds. The highest BCUT2D eigenvalue weighted by Gasteiger charge is 2.00. The van der Waals surface area contributed by atoms with Crippen LogP contribution in [0.25, 0.3) is 11.3 Å². The molecule has 3 heterocycles. The minimum Gasteiger partial charge on any atom is -0.311 e. The number of pyridine rings is 2. The van der Waals surface area contributed by atoms with Gasteiger partial charge in [-0.3, -0.25) is 14.8 Å². The number of allylic oxidation sites excluding steroid dienone is 1. The molecule has 1 N–H and O–H groups in total. The van der Waals surface area contributed by atoms with E-state index in [1.807, 2.05) is 56.6 Å². The van der Waals surface area contributed by atoms with Gasteiger partial charge in [0.05, 0.1) is 10.7 Å². The van der Waals surface area contributed by atoms with Gasteiger partial charge >= 0.3 is 0 Å². The molecule has 0 bridgehead atoms. The molecule has 3 rings (SSSR count).